The van der Waals surface area contributed by atoms with E-state index in [0.717, 1.165) is 75.1 Å². The predicted molar refractivity (Wildman–Crippen MR) is 138 cm³/mol. The van der Waals surface area contributed by atoms with E-state index in [1.165, 1.54) is 0 Å². The second-order valence-corrected chi connectivity index (χ2v) is 11.4. The average Bonchev–Trinajstić information content (AvgIpc) is 3.63. The Morgan fingerprint density at radius 3 is 2.64 bits per heavy atom. The van der Waals surface area contributed by atoms with E-state index in [-0.39, 0.29) is 18.4 Å². The topological polar surface area (TPSA) is 66.9 Å². The van der Waals surface area contributed by atoms with Gasteiger partial charge in [0.15, 0.2) is 0 Å². The monoisotopic (exact) mass is 516 g/mol. The molecule has 9 heteroatoms. The molecular formula is C27H34ClFN4O3. The minimum Gasteiger partial charge on any atom is -0.381 e. The van der Waals surface area contributed by atoms with Crippen LogP contribution in [0.2, 0.25) is 5.02 Å². The average molecular weight is 517 g/mol. The number of anilines is 2. The molecule has 1 saturated carbocycles. The van der Waals surface area contributed by atoms with E-state index in [0.29, 0.717) is 29.3 Å². The summed E-state index contributed by atoms with van der Waals surface area (Å²) >= 11 is 6.67. The molecule has 7 nitrogen and oxygen atoms in total. The first-order valence-corrected chi connectivity index (χ1v) is 13.5. The number of carbonyl (C=O) groups is 1. The van der Waals surface area contributed by atoms with E-state index < -0.39 is 11.7 Å². The Bertz CT molecular complexity index is 1140. The number of piperazine rings is 1. The molecule has 4 heterocycles. The van der Waals surface area contributed by atoms with Crippen LogP contribution in [0, 0.1) is 17.8 Å². The Morgan fingerprint density at radius 2 is 1.92 bits per heavy atom. The Labute approximate surface area is 216 Å². The van der Waals surface area contributed by atoms with Gasteiger partial charge in [0.05, 0.1) is 29.5 Å². The zero-order valence-electron chi connectivity index (χ0n) is 20.7. The molecule has 4 fully saturated rings. The van der Waals surface area contributed by atoms with Crippen molar-refractivity contribution in [1.82, 2.24) is 9.88 Å². The summed E-state index contributed by atoms with van der Waals surface area (Å²) in [5.41, 5.74) is 0.405. The van der Waals surface area contributed by atoms with Crippen LogP contribution in [0.1, 0.15) is 26.2 Å². The number of nitrogens with one attached hydrogen (secondary N) is 1. The SMILES string of the molecule is C[C@@]1(N2CCN(c3cc4cc(NC(=O)[C@H]5CC5C5CCOCC5)ncc4cc3Cl)CC2)COC[C@@H]1F. The standard InChI is InChI=1S/C27H34ClFN4O3/c1-27(16-36-15-24(27)29)33-6-4-32(5-7-33)23-11-18-12-25(30-14-19(18)10-22(23)28)31-26(34)21-13-20(21)17-2-8-35-9-3-17/h10-12,14,17,20-21,24H,2-9,13,15-16H2,1H3,(H,30,31,34)/t20?,21-,24-,27+/m0/s1. The maximum absolute atomic E-state index is 14.5. The van der Waals surface area contributed by atoms with E-state index in [1.54, 1.807) is 6.20 Å². The van der Waals surface area contributed by atoms with Crippen LogP contribution in [-0.2, 0) is 14.3 Å². The Morgan fingerprint density at radius 1 is 1.14 bits per heavy atom. The van der Waals surface area contributed by atoms with E-state index in [2.05, 4.69) is 26.2 Å². The summed E-state index contributed by atoms with van der Waals surface area (Å²) in [5, 5.41) is 5.63. The number of hydrogen-bond acceptors (Lipinski definition) is 6. The summed E-state index contributed by atoms with van der Waals surface area (Å²) in [6, 6.07) is 5.94. The summed E-state index contributed by atoms with van der Waals surface area (Å²) in [6.07, 6.45) is 3.88. The fraction of sp³-hybridized carbons (Fsp3) is 0.630. The second-order valence-electron chi connectivity index (χ2n) is 11.0. The maximum atomic E-state index is 14.5. The van der Waals surface area contributed by atoms with E-state index in [1.807, 2.05) is 19.1 Å². The van der Waals surface area contributed by atoms with Crippen molar-refractivity contribution in [1.29, 1.82) is 0 Å². The second kappa shape index (κ2) is 9.71. The van der Waals surface area contributed by atoms with Crippen molar-refractivity contribution in [2.75, 3.05) is 62.8 Å². The molecule has 2 aromatic rings. The van der Waals surface area contributed by atoms with E-state index in [9.17, 15) is 9.18 Å². The first-order chi connectivity index (χ1) is 17.4. The van der Waals surface area contributed by atoms with Gasteiger partial charge < -0.3 is 19.7 Å². The molecule has 1 N–H and O–H groups in total. The third-order valence-corrected chi connectivity index (χ3v) is 9.07. The fourth-order valence-electron chi connectivity index (χ4n) is 6.25. The lowest BCUT2D eigenvalue weighted by Crippen LogP contribution is -2.59. The van der Waals surface area contributed by atoms with Gasteiger partial charge in [0.1, 0.15) is 12.0 Å². The van der Waals surface area contributed by atoms with E-state index >= 15 is 0 Å². The van der Waals surface area contributed by atoms with Crippen LogP contribution in [0.4, 0.5) is 15.9 Å². The number of ether oxygens (including phenoxy) is 2. The highest BCUT2D eigenvalue weighted by Crippen LogP contribution is 2.48. The van der Waals surface area contributed by atoms with Crippen LogP contribution >= 0.6 is 11.6 Å². The van der Waals surface area contributed by atoms with Gasteiger partial charge in [-0.15, -0.1) is 0 Å². The molecule has 4 aliphatic rings. The number of alkyl halides is 1. The first kappa shape index (κ1) is 24.3. The molecular weight excluding hydrogens is 483 g/mol. The number of fused-ring (bicyclic) bond motifs is 1. The zero-order chi connectivity index (χ0) is 24.9. The molecule has 194 valence electrons. The van der Waals surface area contributed by atoms with Crippen LogP contribution in [0.25, 0.3) is 10.8 Å². The number of aromatic nitrogens is 1. The molecule has 3 aliphatic heterocycles. The molecule has 6 rings (SSSR count). The number of hydrogen-bond donors (Lipinski definition) is 1. The number of pyridine rings is 1. The molecule has 1 aromatic heterocycles. The number of carbonyl (C=O) groups excluding carboxylic acids is 1. The summed E-state index contributed by atoms with van der Waals surface area (Å²) in [7, 11) is 0. The van der Waals surface area contributed by atoms with Crippen molar-refractivity contribution in [2.24, 2.45) is 17.8 Å². The summed E-state index contributed by atoms with van der Waals surface area (Å²) in [4.78, 5) is 21.8. The van der Waals surface area contributed by atoms with Gasteiger partial charge in [-0.25, -0.2) is 9.37 Å². The van der Waals surface area contributed by atoms with Gasteiger partial charge >= 0.3 is 0 Å². The Balaban J connectivity index is 1.13. The number of halogens is 2. The van der Waals surface area contributed by atoms with Gasteiger partial charge in [-0.1, -0.05) is 11.6 Å². The predicted octanol–water partition coefficient (Wildman–Crippen LogP) is 4.14. The van der Waals surface area contributed by atoms with Crippen LogP contribution in [0.3, 0.4) is 0 Å². The minimum atomic E-state index is -0.961. The lowest BCUT2D eigenvalue weighted by atomic mass is 9.93. The van der Waals surface area contributed by atoms with Crippen molar-refractivity contribution in [3.05, 3.63) is 29.4 Å². The van der Waals surface area contributed by atoms with Gasteiger partial charge in [-0.05, 0) is 61.6 Å². The normalized spacial score (nSPS) is 31.6. The Kier molecular flexibility index (Phi) is 6.56. The third kappa shape index (κ3) is 4.57. The van der Waals surface area contributed by atoms with Crippen LogP contribution in [0.5, 0.6) is 0 Å². The minimum absolute atomic E-state index is 0.0687. The van der Waals surface area contributed by atoms with Crippen molar-refractivity contribution < 1.29 is 18.7 Å². The molecule has 1 aliphatic carbocycles. The molecule has 1 unspecified atom stereocenters. The highest BCUT2D eigenvalue weighted by Gasteiger charge is 2.48. The number of rotatable bonds is 5. The molecule has 0 bridgehead atoms. The quantitative estimate of drug-likeness (QED) is 0.644. The van der Waals surface area contributed by atoms with Crippen molar-refractivity contribution in [3.8, 4) is 0 Å². The third-order valence-electron chi connectivity index (χ3n) is 8.76. The lowest BCUT2D eigenvalue weighted by Gasteiger charge is -2.44. The first-order valence-electron chi connectivity index (χ1n) is 13.1. The van der Waals surface area contributed by atoms with Gasteiger partial charge in [-0.3, -0.25) is 9.69 Å². The van der Waals surface area contributed by atoms with Crippen LogP contribution in [0.15, 0.2) is 24.4 Å². The summed E-state index contributed by atoms with van der Waals surface area (Å²) in [6.45, 7) is 7.22. The van der Waals surface area contributed by atoms with Gasteiger partial charge in [0.25, 0.3) is 0 Å². The van der Waals surface area contributed by atoms with Crippen molar-refractivity contribution in [2.45, 2.75) is 37.9 Å². The maximum Gasteiger partial charge on any atom is 0.228 e. The Hall–Kier alpha value is -2.00. The number of amides is 1. The number of benzene rings is 1. The molecule has 36 heavy (non-hydrogen) atoms. The molecule has 3 saturated heterocycles. The highest BCUT2D eigenvalue weighted by molar-refractivity contribution is 6.34. The summed E-state index contributed by atoms with van der Waals surface area (Å²) < 4.78 is 25.3. The number of nitrogens with zero attached hydrogens (tertiary/aromatic N) is 3. The van der Waals surface area contributed by atoms with Crippen molar-refractivity contribution >= 4 is 39.8 Å². The fourth-order valence-corrected chi connectivity index (χ4v) is 6.54. The van der Waals surface area contributed by atoms with Crippen molar-refractivity contribution in [3.63, 3.8) is 0 Å². The van der Waals surface area contributed by atoms with Crippen LogP contribution < -0.4 is 10.2 Å². The van der Waals surface area contributed by atoms with E-state index in [4.69, 9.17) is 21.1 Å². The summed E-state index contributed by atoms with van der Waals surface area (Å²) in [5.74, 6) is 1.80. The molecule has 0 radical (unpaired) electrons. The smallest absolute Gasteiger partial charge is 0.228 e. The molecule has 0 spiro atoms. The van der Waals surface area contributed by atoms with Gasteiger partial charge in [0.2, 0.25) is 5.91 Å². The largest absolute Gasteiger partial charge is 0.381 e. The molecule has 4 atom stereocenters. The van der Waals surface area contributed by atoms with Crippen LogP contribution in [-0.4, -0.2) is 80.1 Å². The zero-order valence-corrected chi connectivity index (χ0v) is 21.5. The molecule has 1 aromatic carbocycles. The lowest BCUT2D eigenvalue weighted by molar-refractivity contribution is -0.117. The van der Waals surface area contributed by atoms with Gasteiger partial charge in [0, 0.05) is 56.9 Å². The molecule has 1 amide bonds. The van der Waals surface area contributed by atoms with Gasteiger partial charge in [-0.2, -0.15) is 0 Å². The highest BCUT2D eigenvalue weighted by atomic mass is 35.5.